The molecule has 0 bridgehead atoms. The quantitative estimate of drug-likeness (QED) is 0.901. The molecule has 0 unspecified atom stereocenters. The number of nitrogens with two attached hydrogens (primary N) is 1. The summed E-state index contributed by atoms with van der Waals surface area (Å²) in [6.45, 7) is 0.0349. The number of aryl methyl sites for hydroxylation is 1. The van der Waals surface area contributed by atoms with Crippen molar-refractivity contribution in [3.8, 4) is 5.88 Å². The van der Waals surface area contributed by atoms with E-state index in [1.54, 1.807) is 0 Å². The number of amides is 1. The molecule has 1 rings (SSSR count). The Morgan fingerprint density at radius 2 is 2.17 bits per heavy atom. The molecule has 1 heterocycles. The zero-order chi connectivity index (χ0) is 13.8. The maximum atomic E-state index is 11.9. The second kappa shape index (κ2) is 5.56. The van der Waals surface area contributed by atoms with Gasteiger partial charge in [0, 0.05) is 17.3 Å². The lowest BCUT2D eigenvalue weighted by molar-refractivity contribution is -0.154. The summed E-state index contributed by atoms with van der Waals surface area (Å²) in [6, 6.07) is 1.50. The second-order valence-electron chi connectivity index (χ2n) is 3.48. The van der Waals surface area contributed by atoms with Crippen LogP contribution >= 0.6 is 0 Å². The van der Waals surface area contributed by atoms with Crippen LogP contribution in [0.25, 0.3) is 0 Å². The number of ether oxygens (including phenoxy) is 2. The number of primary amides is 1. The third-order valence-corrected chi connectivity index (χ3v) is 1.84. The lowest BCUT2D eigenvalue weighted by atomic mass is 10.2. The molecule has 1 aromatic heterocycles. The smallest absolute Gasteiger partial charge is 0.422 e. The molecule has 100 valence electrons. The van der Waals surface area contributed by atoms with Crippen molar-refractivity contribution >= 4 is 6.09 Å². The van der Waals surface area contributed by atoms with Gasteiger partial charge in [-0.1, -0.05) is 0 Å². The number of alkyl halides is 3. The van der Waals surface area contributed by atoms with Crippen molar-refractivity contribution in [3.63, 3.8) is 0 Å². The van der Waals surface area contributed by atoms with E-state index in [0.717, 1.165) is 0 Å². The Morgan fingerprint density at radius 1 is 1.50 bits per heavy atom. The molecule has 1 aromatic rings. The van der Waals surface area contributed by atoms with Crippen LogP contribution in [0.3, 0.4) is 0 Å². The summed E-state index contributed by atoms with van der Waals surface area (Å²) in [6.07, 6.45) is -4.10. The summed E-state index contributed by atoms with van der Waals surface area (Å²) in [4.78, 5) is 14.1. The van der Waals surface area contributed by atoms with Gasteiger partial charge in [0.05, 0.1) is 0 Å². The summed E-state index contributed by atoms with van der Waals surface area (Å²) < 4.78 is 44.8. The van der Waals surface area contributed by atoms with Crippen LogP contribution in [0.2, 0.25) is 0 Å². The molecule has 0 atom stereocenters. The number of hydrogen-bond acceptors (Lipinski definition) is 4. The Bertz CT molecular complexity index is 435. The fourth-order valence-corrected chi connectivity index (χ4v) is 1.16. The summed E-state index contributed by atoms with van der Waals surface area (Å²) in [5.41, 5.74) is 5.69. The molecule has 0 saturated heterocycles. The van der Waals surface area contributed by atoms with E-state index in [1.165, 1.54) is 19.2 Å². The summed E-state index contributed by atoms with van der Waals surface area (Å²) >= 11 is 0. The first kappa shape index (κ1) is 14.1. The molecular formula is C10H11F3N2O3. The number of hydrogen-bond donors (Lipinski definition) is 1. The first-order valence-corrected chi connectivity index (χ1v) is 4.85. The van der Waals surface area contributed by atoms with Crippen molar-refractivity contribution in [2.75, 3.05) is 6.61 Å². The summed E-state index contributed by atoms with van der Waals surface area (Å²) in [7, 11) is 0. The average molecular weight is 264 g/mol. The fraction of sp³-hybridized carbons (Fsp3) is 0.400. The monoisotopic (exact) mass is 264 g/mol. The van der Waals surface area contributed by atoms with Gasteiger partial charge in [-0.2, -0.15) is 13.2 Å². The molecule has 0 aliphatic carbocycles. The fourth-order valence-electron chi connectivity index (χ4n) is 1.16. The lowest BCUT2D eigenvalue weighted by Crippen LogP contribution is -2.20. The normalized spacial score (nSPS) is 11.1. The topological polar surface area (TPSA) is 74.4 Å². The van der Waals surface area contributed by atoms with E-state index < -0.39 is 18.9 Å². The molecule has 0 aromatic carbocycles. The Morgan fingerprint density at radius 3 is 2.67 bits per heavy atom. The largest absolute Gasteiger partial charge is 0.468 e. The van der Waals surface area contributed by atoms with Crippen molar-refractivity contribution in [2.45, 2.75) is 19.7 Å². The Kier molecular flexibility index (Phi) is 4.35. The molecule has 18 heavy (non-hydrogen) atoms. The Hall–Kier alpha value is -1.99. The minimum Gasteiger partial charge on any atom is -0.468 e. The number of carbonyl (C=O) groups is 1. The maximum absolute atomic E-state index is 11.9. The lowest BCUT2D eigenvalue weighted by Gasteiger charge is -2.11. The average Bonchev–Trinajstić information content (AvgIpc) is 2.23. The molecular weight excluding hydrogens is 253 g/mol. The van der Waals surface area contributed by atoms with E-state index in [4.69, 9.17) is 5.73 Å². The number of aromatic nitrogens is 1. The van der Waals surface area contributed by atoms with Crippen LogP contribution in [0.15, 0.2) is 12.3 Å². The van der Waals surface area contributed by atoms with E-state index in [2.05, 4.69) is 14.5 Å². The molecule has 0 radical (unpaired) electrons. The van der Waals surface area contributed by atoms with Crippen LogP contribution in [-0.4, -0.2) is 23.9 Å². The minimum absolute atomic E-state index is 0.0945. The molecule has 2 N–H and O–H groups in total. The van der Waals surface area contributed by atoms with Crippen molar-refractivity contribution in [2.24, 2.45) is 5.73 Å². The highest BCUT2D eigenvalue weighted by atomic mass is 19.4. The van der Waals surface area contributed by atoms with Gasteiger partial charge in [0.2, 0.25) is 5.88 Å². The number of rotatable bonds is 4. The zero-order valence-electron chi connectivity index (χ0n) is 9.45. The molecule has 0 aliphatic rings. The molecule has 5 nitrogen and oxygen atoms in total. The van der Waals surface area contributed by atoms with Crippen molar-refractivity contribution in [1.29, 1.82) is 0 Å². The minimum atomic E-state index is -4.41. The number of carbonyl (C=O) groups excluding carboxylic acids is 1. The third kappa shape index (κ3) is 4.89. The highest BCUT2D eigenvalue weighted by Gasteiger charge is 2.28. The van der Waals surface area contributed by atoms with Crippen LogP contribution < -0.4 is 10.5 Å². The van der Waals surface area contributed by atoms with E-state index >= 15 is 0 Å². The van der Waals surface area contributed by atoms with Gasteiger partial charge in [0.15, 0.2) is 6.61 Å². The van der Waals surface area contributed by atoms with Crippen molar-refractivity contribution in [3.05, 3.63) is 23.4 Å². The second-order valence-corrected chi connectivity index (χ2v) is 3.48. The van der Waals surface area contributed by atoms with Gasteiger partial charge in [0.25, 0.3) is 0 Å². The van der Waals surface area contributed by atoms with Gasteiger partial charge in [0.1, 0.15) is 6.61 Å². The highest BCUT2D eigenvalue weighted by Crippen LogP contribution is 2.20. The first-order chi connectivity index (χ1) is 8.28. The molecule has 0 fully saturated rings. The standard InChI is InChI=1S/C10H11F3N2O3/c1-6-2-7(4-17-9(14)16)3-15-8(6)18-5-10(11,12)13/h2-3H,4-5H2,1H3,(H2,14,16). The van der Waals surface area contributed by atoms with Crippen LogP contribution in [-0.2, 0) is 11.3 Å². The van der Waals surface area contributed by atoms with E-state index in [9.17, 15) is 18.0 Å². The van der Waals surface area contributed by atoms with Crippen LogP contribution in [0.5, 0.6) is 5.88 Å². The SMILES string of the molecule is Cc1cc(COC(N)=O)cnc1OCC(F)(F)F. The predicted octanol–water partition coefficient (Wildman–Crippen LogP) is 1.93. The molecule has 8 heteroatoms. The summed E-state index contributed by atoms with van der Waals surface area (Å²) in [5.74, 6) is -0.116. The van der Waals surface area contributed by atoms with Gasteiger partial charge in [-0.05, 0) is 13.0 Å². The number of pyridine rings is 1. The Balaban J connectivity index is 2.65. The van der Waals surface area contributed by atoms with Crippen LogP contribution in [0.4, 0.5) is 18.0 Å². The van der Waals surface area contributed by atoms with Gasteiger partial charge in [-0.15, -0.1) is 0 Å². The third-order valence-electron chi connectivity index (χ3n) is 1.84. The van der Waals surface area contributed by atoms with E-state index in [1.807, 2.05) is 0 Å². The molecule has 1 amide bonds. The van der Waals surface area contributed by atoms with Gasteiger partial charge in [-0.3, -0.25) is 0 Å². The number of halogens is 3. The van der Waals surface area contributed by atoms with Gasteiger partial charge >= 0.3 is 12.3 Å². The Labute approximate surface area is 101 Å². The molecule has 0 aliphatic heterocycles. The first-order valence-electron chi connectivity index (χ1n) is 4.85. The summed E-state index contributed by atoms with van der Waals surface area (Å²) in [5, 5.41) is 0. The van der Waals surface area contributed by atoms with E-state index in [-0.39, 0.29) is 12.5 Å². The van der Waals surface area contributed by atoms with Crippen molar-refractivity contribution in [1.82, 2.24) is 4.98 Å². The highest BCUT2D eigenvalue weighted by molar-refractivity contribution is 5.64. The molecule has 0 saturated carbocycles. The molecule has 0 spiro atoms. The zero-order valence-corrected chi connectivity index (χ0v) is 9.45. The predicted molar refractivity (Wildman–Crippen MR) is 54.9 cm³/mol. The number of nitrogens with zero attached hydrogens (tertiary/aromatic N) is 1. The maximum Gasteiger partial charge on any atom is 0.422 e. The van der Waals surface area contributed by atoms with Gasteiger partial charge in [-0.25, -0.2) is 9.78 Å². The van der Waals surface area contributed by atoms with E-state index in [0.29, 0.717) is 11.1 Å². The van der Waals surface area contributed by atoms with Gasteiger partial charge < -0.3 is 15.2 Å². The van der Waals surface area contributed by atoms with Crippen LogP contribution in [0.1, 0.15) is 11.1 Å². The van der Waals surface area contributed by atoms with Crippen LogP contribution in [0, 0.1) is 6.92 Å². The van der Waals surface area contributed by atoms with Crippen molar-refractivity contribution < 1.29 is 27.4 Å².